The number of hydrogen-bond donors (Lipinski definition) is 0. The molecule has 0 aliphatic carbocycles. The van der Waals surface area contributed by atoms with Gasteiger partial charge in [0.1, 0.15) is 0 Å². The molecule has 2 aromatic rings. The Hall–Kier alpha value is -1.56. The summed E-state index contributed by atoms with van der Waals surface area (Å²) in [6, 6.07) is 7.93. The van der Waals surface area contributed by atoms with Crippen molar-refractivity contribution in [3.8, 4) is 0 Å². The van der Waals surface area contributed by atoms with E-state index in [-0.39, 0.29) is 0 Å². The molecule has 4 heterocycles. The second-order valence-electron chi connectivity index (χ2n) is 9.55. The fourth-order valence-electron chi connectivity index (χ4n) is 5.94. The lowest BCUT2D eigenvalue weighted by atomic mass is 9.97. The van der Waals surface area contributed by atoms with Crippen LogP contribution in [-0.4, -0.2) is 70.5 Å². The van der Waals surface area contributed by atoms with Gasteiger partial charge in [0, 0.05) is 85.3 Å². The van der Waals surface area contributed by atoms with Gasteiger partial charge in [-0.05, 0) is 57.5 Å². The minimum Gasteiger partial charge on any atom is -0.344 e. The number of benzene rings is 1. The summed E-state index contributed by atoms with van der Waals surface area (Å²) in [7, 11) is 2.26. The van der Waals surface area contributed by atoms with Gasteiger partial charge in [0.05, 0.1) is 0 Å². The number of rotatable bonds is 4. The average Bonchev–Trinajstić information content (AvgIpc) is 3.15. The summed E-state index contributed by atoms with van der Waals surface area (Å²) in [6.45, 7) is 8.90. The van der Waals surface area contributed by atoms with E-state index in [1.807, 2.05) is 6.07 Å². The van der Waals surface area contributed by atoms with Gasteiger partial charge >= 0.3 is 0 Å². The van der Waals surface area contributed by atoms with Crippen molar-refractivity contribution in [3.05, 3.63) is 34.5 Å². The van der Waals surface area contributed by atoms with Gasteiger partial charge < -0.3 is 9.47 Å². The van der Waals surface area contributed by atoms with Crippen LogP contribution in [0.25, 0.3) is 10.9 Å². The second-order valence-corrected chi connectivity index (χ2v) is 9.99. The molecule has 5 nitrogen and oxygen atoms in total. The number of halogens is 1. The Morgan fingerprint density at radius 3 is 2.67 bits per heavy atom. The largest absolute Gasteiger partial charge is 0.344 e. The first-order valence-corrected chi connectivity index (χ1v) is 11.9. The van der Waals surface area contributed by atoms with Gasteiger partial charge in [0.25, 0.3) is 0 Å². The first kappa shape index (κ1) is 20.3. The summed E-state index contributed by atoms with van der Waals surface area (Å²) < 4.78 is 2.43. The minimum atomic E-state index is 0.291. The predicted octanol–water partition coefficient (Wildman–Crippen LogP) is 3.93. The van der Waals surface area contributed by atoms with Crippen LogP contribution in [0.3, 0.4) is 0 Å². The fourth-order valence-corrected chi connectivity index (χ4v) is 6.11. The van der Waals surface area contributed by atoms with Crippen LogP contribution >= 0.6 is 11.6 Å². The van der Waals surface area contributed by atoms with Gasteiger partial charge in [-0.15, -0.1) is 0 Å². The Balaban J connectivity index is 1.38. The molecule has 2 saturated heterocycles. The van der Waals surface area contributed by atoms with Crippen LogP contribution < -0.4 is 0 Å². The van der Waals surface area contributed by atoms with Gasteiger partial charge in [0.2, 0.25) is 5.91 Å². The van der Waals surface area contributed by atoms with Gasteiger partial charge in [-0.2, -0.15) is 0 Å². The van der Waals surface area contributed by atoms with Crippen molar-refractivity contribution in [1.29, 1.82) is 0 Å². The molecule has 2 fully saturated rings. The molecule has 3 aliphatic heterocycles. The summed E-state index contributed by atoms with van der Waals surface area (Å²) in [4.78, 5) is 20.0. The second kappa shape index (κ2) is 7.85. The van der Waals surface area contributed by atoms with E-state index in [0.29, 0.717) is 30.5 Å². The third kappa shape index (κ3) is 3.35. The van der Waals surface area contributed by atoms with E-state index in [4.69, 9.17) is 11.6 Å². The quantitative estimate of drug-likeness (QED) is 0.739. The monoisotopic (exact) mass is 428 g/mol. The first-order chi connectivity index (χ1) is 14.4. The van der Waals surface area contributed by atoms with Crippen molar-refractivity contribution >= 4 is 28.4 Å². The number of carbonyl (C=O) groups is 1. The normalized spacial score (nSPS) is 24.8. The highest BCUT2D eigenvalue weighted by Gasteiger charge is 2.40. The molecule has 2 unspecified atom stereocenters. The Morgan fingerprint density at radius 1 is 1.17 bits per heavy atom. The molecule has 3 aliphatic rings. The molecule has 0 saturated carbocycles. The molecule has 1 amide bonds. The lowest BCUT2D eigenvalue weighted by Crippen LogP contribution is -2.50. The van der Waals surface area contributed by atoms with Crippen LogP contribution in [-0.2, 0) is 17.8 Å². The number of carbonyl (C=O) groups excluding carboxylic acids is 1. The minimum absolute atomic E-state index is 0.291. The maximum Gasteiger partial charge on any atom is 0.224 e. The molecule has 1 aromatic carbocycles. The molecule has 6 heteroatoms. The predicted molar refractivity (Wildman–Crippen MR) is 122 cm³/mol. The van der Waals surface area contributed by atoms with E-state index in [0.717, 1.165) is 44.2 Å². The highest BCUT2D eigenvalue weighted by molar-refractivity contribution is 6.31. The van der Waals surface area contributed by atoms with E-state index in [2.05, 4.69) is 52.3 Å². The lowest BCUT2D eigenvalue weighted by molar-refractivity contribution is -0.133. The summed E-state index contributed by atoms with van der Waals surface area (Å²) in [6.07, 6.45) is 4.14. The summed E-state index contributed by atoms with van der Waals surface area (Å²) in [5.74, 6) is 0.291. The number of hydrogen-bond acceptors (Lipinski definition) is 3. The molecular formula is C24H33ClN4O. The molecule has 162 valence electrons. The number of likely N-dealkylation sites (N-methyl/N-ethyl adjacent to an activating group) is 1. The average molecular weight is 429 g/mol. The smallest absolute Gasteiger partial charge is 0.224 e. The Kier molecular flexibility index (Phi) is 5.32. The fraction of sp³-hybridized carbons (Fsp3) is 0.625. The summed E-state index contributed by atoms with van der Waals surface area (Å²) in [5.41, 5.74) is 4.14. The van der Waals surface area contributed by atoms with Crippen LogP contribution in [0.1, 0.15) is 50.4 Å². The van der Waals surface area contributed by atoms with Gasteiger partial charge in [-0.1, -0.05) is 11.6 Å². The first-order valence-electron chi connectivity index (χ1n) is 11.5. The Morgan fingerprint density at radius 2 is 1.93 bits per heavy atom. The van der Waals surface area contributed by atoms with Crippen molar-refractivity contribution in [1.82, 2.24) is 19.3 Å². The summed E-state index contributed by atoms with van der Waals surface area (Å²) >= 11 is 6.38. The molecule has 2 atom stereocenters. The van der Waals surface area contributed by atoms with E-state index < -0.39 is 0 Å². The van der Waals surface area contributed by atoms with Crippen LogP contribution in [0.4, 0.5) is 0 Å². The number of nitrogens with zero attached hydrogens (tertiary/aromatic N) is 4. The highest BCUT2D eigenvalue weighted by Crippen LogP contribution is 2.47. The molecule has 0 radical (unpaired) electrons. The maximum atomic E-state index is 13.0. The zero-order valence-electron chi connectivity index (χ0n) is 18.4. The van der Waals surface area contributed by atoms with Crippen LogP contribution in [0.5, 0.6) is 0 Å². The van der Waals surface area contributed by atoms with Gasteiger partial charge in [0.15, 0.2) is 0 Å². The van der Waals surface area contributed by atoms with Crippen molar-refractivity contribution in [2.45, 2.75) is 64.2 Å². The molecule has 30 heavy (non-hydrogen) atoms. The van der Waals surface area contributed by atoms with Crippen molar-refractivity contribution in [3.63, 3.8) is 0 Å². The van der Waals surface area contributed by atoms with Gasteiger partial charge in [-0.25, -0.2) is 0 Å². The number of amides is 1. The Bertz CT molecular complexity index is 960. The molecule has 5 rings (SSSR count). The molecule has 2 bridgehead atoms. The number of aryl methyl sites for hydroxylation is 1. The number of aromatic nitrogens is 1. The van der Waals surface area contributed by atoms with Crippen molar-refractivity contribution in [2.24, 2.45) is 0 Å². The Labute approximate surface area is 184 Å². The van der Waals surface area contributed by atoms with Crippen LogP contribution in [0.15, 0.2) is 18.2 Å². The van der Waals surface area contributed by atoms with Crippen LogP contribution in [0, 0.1) is 0 Å². The van der Waals surface area contributed by atoms with Gasteiger partial charge in [-0.3, -0.25) is 14.6 Å². The number of piperazine rings is 1. The standard InChI is InChI=1S/C24H33ClN4O/c1-16(2)27-10-12-28(13-11-27)23(30)8-9-29-20-6-4-17(25)14-19(20)24-21-7-5-18(26(21)3)15-22(24)29/h4,6,14,16,18,21H,5,7-13,15H2,1-3H3. The van der Waals surface area contributed by atoms with E-state index in [1.165, 1.54) is 35.0 Å². The summed E-state index contributed by atoms with van der Waals surface area (Å²) in [5, 5.41) is 2.08. The zero-order valence-corrected chi connectivity index (χ0v) is 19.2. The third-order valence-corrected chi connectivity index (χ3v) is 7.96. The van der Waals surface area contributed by atoms with E-state index in [1.54, 1.807) is 0 Å². The SMILES string of the molecule is CC(C)N1CCN(C(=O)CCn2c3c(c4cc(Cl)ccc42)C2CCC(C3)N2C)CC1. The van der Waals surface area contributed by atoms with Crippen molar-refractivity contribution < 1.29 is 4.79 Å². The van der Waals surface area contributed by atoms with Crippen molar-refractivity contribution in [2.75, 3.05) is 33.2 Å². The topological polar surface area (TPSA) is 31.7 Å². The molecule has 1 aromatic heterocycles. The maximum absolute atomic E-state index is 13.0. The number of fused-ring (bicyclic) bond motifs is 6. The molecular weight excluding hydrogens is 396 g/mol. The van der Waals surface area contributed by atoms with E-state index >= 15 is 0 Å². The molecule has 0 N–H and O–H groups in total. The lowest BCUT2D eigenvalue weighted by Gasteiger charge is -2.37. The van der Waals surface area contributed by atoms with Crippen LogP contribution in [0.2, 0.25) is 5.02 Å². The van der Waals surface area contributed by atoms with E-state index in [9.17, 15) is 4.79 Å². The highest BCUT2D eigenvalue weighted by atomic mass is 35.5. The zero-order chi connectivity index (χ0) is 21.0. The molecule has 0 spiro atoms. The third-order valence-electron chi connectivity index (χ3n) is 7.73.